The van der Waals surface area contributed by atoms with E-state index in [9.17, 15) is 9.59 Å². The van der Waals surface area contributed by atoms with E-state index >= 15 is 0 Å². The van der Waals surface area contributed by atoms with E-state index in [4.69, 9.17) is 5.11 Å². The number of aromatic carboxylic acids is 1. The molecule has 0 spiro atoms. The van der Waals surface area contributed by atoms with Crippen molar-refractivity contribution in [2.45, 2.75) is 6.54 Å². The number of hydrogen-bond acceptors (Lipinski definition) is 5. The number of rotatable bonds is 3. The minimum Gasteiger partial charge on any atom is -0.476 e. The Bertz CT molecular complexity index is 443. The quantitative estimate of drug-likeness (QED) is 0.870. The minimum absolute atomic E-state index is 0.0265. The molecule has 98 valence electrons. The average molecular weight is 287 g/mol. The second-order valence-electron chi connectivity index (χ2n) is 3.69. The second-order valence-corrected chi connectivity index (χ2v) is 5.86. The molecule has 1 aliphatic heterocycles. The molecule has 2 amide bonds. The molecule has 0 bridgehead atoms. The van der Waals surface area contributed by atoms with E-state index in [0.717, 1.165) is 24.6 Å². The van der Waals surface area contributed by atoms with Crippen LogP contribution in [0.3, 0.4) is 0 Å². The Morgan fingerprint density at radius 3 is 2.78 bits per heavy atom. The van der Waals surface area contributed by atoms with Gasteiger partial charge in [-0.25, -0.2) is 14.6 Å². The Balaban J connectivity index is 1.82. The number of urea groups is 1. The van der Waals surface area contributed by atoms with Crippen molar-refractivity contribution in [3.05, 3.63) is 16.1 Å². The van der Waals surface area contributed by atoms with E-state index in [2.05, 4.69) is 10.3 Å². The predicted octanol–water partition coefficient (Wildman–Crippen LogP) is 1.10. The molecule has 1 aromatic heterocycles. The molecule has 0 saturated carbocycles. The molecule has 0 unspecified atom stereocenters. The number of hydrogen-bond donors (Lipinski definition) is 2. The summed E-state index contributed by atoms with van der Waals surface area (Å²) < 4.78 is 0. The Labute approximate surface area is 112 Å². The highest BCUT2D eigenvalue weighted by atomic mass is 32.2. The van der Waals surface area contributed by atoms with Crippen molar-refractivity contribution in [3.8, 4) is 0 Å². The number of aromatic nitrogens is 1. The van der Waals surface area contributed by atoms with E-state index in [0.29, 0.717) is 5.01 Å². The Morgan fingerprint density at radius 2 is 2.17 bits per heavy atom. The topological polar surface area (TPSA) is 82.5 Å². The van der Waals surface area contributed by atoms with Crippen LogP contribution in [0.1, 0.15) is 15.5 Å². The van der Waals surface area contributed by atoms with Gasteiger partial charge in [-0.15, -0.1) is 11.3 Å². The molecule has 1 aromatic rings. The molecular weight excluding hydrogens is 274 g/mol. The number of carbonyl (C=O) groups excluding carboxylic acids is 1. The van der Waals surface area contributed by atoms with Gasteiger partial charge in [0.15, 0.2) is 5.69 Å². The molecule has 1 saturated heterocycles. The van der Waals surface area contributed by atoms with Crippen molar-refractivity contribution in [1.82, 2.24) is 15.2 Å². The van der Waals surface area contributed by atoms with Crippen LogP contribution in [0.15, 0.2) is 5.38 Å². The Kier molecular flexibility index (Phi) is 4.43. The van der Waals surface area contributed by atoms with Gasteiger partial charge >= 0.3 is 12.0 Å². The van der Waals surface area contributed by atoms with Crippen LogP contribution < -0.4 is 5.32 Å². The minimum atomic E-state index is -1.04. The van der Waals surface area contributed by atoms with E-state index in [-0.39, 0.29) is 18.3 Å². The van der Waals surface area contributed by atoms with E-state index in [1.165, 1.54) is 16.7 Å². The average Bonchev–Trinajstić information content (AvgIpc) is 2.86. The van der Waals surface area contributed by atoms with Gasteiger partial charge in [0, 0.05) is 30.0 Å². The molecular formula is C10H13N3O3S2. The first-order valence-corrected chi connectivity index (χ1v) is 7.48. The van der Waals surface area contributed by atoms with Crippen LogP contribution in [-0.2, 0) is 6.54 Å². The van der Waals surface area contributed by atoms with Gasteiger partial charge in [0.1, 0.15) is 5.01 Å². The van der Waals surface area contributed by atoms with Crippen molar-refractivity contribution >= 4 is 35.1 Å². The highest BCUT2D eigenvalue weighted by Crippen LogP contribution is 2.11. The fourth-order valence-electron chi connectivity index (χ4n) is 1.52. The zero-order chi connectivity index (χ0) is 13.0. The van der Waals surface area contributed by atoms with E-state index in [1.54, 1.807) is 4.90 Å². The lowest BCUT2D eigenvalue weighted by Crippen LogP contribution is -2.44. The van der Waals surface area contributed by atoms with Gasteiger partial charge in [0.2, 0.25) is 0 Å². The molecule has 2 heterocycles. The number of carboxylic acid groups (broad SMARTS) is 1. The summed E-state index contributed by atoms with van der Waals surface area (Å²) in [6.45, 7) is 1.80. The monoisotopic (exact) mass is 287 g/mol. The lowest BCUT2D eigenvalue weighted by molar-refractivity contribution is 0.0691. The summed E-state index contributed by atoms with van der Waals surface area (Å²) in [4.78, 5) is 28.1. The Morgan fingerprint density at radius 1 is 1.44 bits per heavy atom. The molecule has 2 N–H and O–H groups in total. The van der Waals surface area contributed by atoms with Crippen LogP contribution in [0.25, 0.3) is 0 Å². The maximum atomic E-state index is 11.8. The fourth-order valence-corrected chi connectivity index (χ4v) is 3.13. The number of carbonyl (C=O) groups is 2. The largest absolute Gasteiger partial charge is 0.476 e. The number of carboxylic acids is 1. The van der Waals surface area contributed by atoms with Crippen LogP contribution >= 0.6 is 23.1 Å². The van der Waals surface area contributed by atoms with Gasteiger partial charge in [0.25, 0.3) is 0 Å². The molecule has 1 fully saturated rings. The fraction of sp³-hybridized carbons (Fsp3) is 0.500. The second kappa shape index (κ2) is 6.05. The summed E-state index contributed by atoms with van der Waals surface area (Å²) in [5.74, 6) is 0.888. The van der Waals surface area contributed by atoms with Crippen molar-refractivity contribution in [3.63, 3.8) is 0 Å². The molecule has 0 atom stereocenters. The molecule has 2 rings (SSSR count). The number of nitrogens with one attached hydrogen (secondary N) is 1. The molecule has 8 heteroatoms. The van der Waals surface area contributed by atoms with Crippen molar-refractivity contribution in [2.24, 2.45) is 0 Å². The predicted molar refractivity (Wildman–Crippen MR) is 70.2 cm³/mol. The van der Waals surface area contributed by atoms with Crippen LogP contribution in [0.5, 0.6) is 0 Å². The van der Waals surface area contributed by atoms with Gasteiger partial charge in [-0.3, -0.25) is 0 Å². The zero-order valence-corrected chi connectivity index (χ0v) is 11.2. The lowest BCUT2D eigenvalue weighted by Gasteiger charge is -2.26. The van der Waals surface area contributed by atoms with Crippen molar-refractivity contribution < 1.29 is 14.7 Å². The molecule has 0 radical (unpaired) electrons. The van der Waals surface area contributed by atoms with Gasteiger partial charge in [-0.1, -0.05) is 0 Å². The first-order chi connectivity index (χ1) is 8.66. The maximum absolute atomic E-state index is 11.8. The summed E-state index contributed by atoms with van der Waals surface area (Å²) in [5.41, 5.74) is 0.0265. The molecule has 6 nitrogen and oxygen atoms in total. The third kappa shape index (κ3) is 3.36. The third-order valence-corrected chi connectivity index (χ3v) is 4.25. The lowest BCUT2D eigenvalue weighted by atomic mass is 10.5. The van der Waals surface area contributed by atoms with Gasteiger partial charge in [-0.05, 0) is 0 Å². The van der Waals surface area contributed by atoms with Crippen LogP contribution in [0, 0.1) is 0 Å². The third-order valence-electron chi connectivity index (χ3n) is 2.46. The van der Waals surface area contributed by atoms with Crippen LogP contribution in [-0.4, -0.2) is 51.6 Å². The summed E-state index contributed by atoms with van der Waals surface area (Å²) in [6, 6.07) is -0.109. The summed E-state index contributed by atoms with van der Waals surface area (Å²) in [6.07, 6.45) is 0. The van der Waals surface area contributed by atoms with E-state index < -0.39 is 5.97 Å². The van der Waals surface area contributed by atoms with Crippen molar-refractivity contribution in [2.75, 3.05) is 24.6 Å². The van der Waals surface area contributed by atoms with Gasteiger partial charge in [0.05, 0.1) is 6.54 Å². The summed E-state index contributed by atoms with van der Waals surface area (Å²) >= 11 is 3.08. The maximum Gasteiger partial charge on any atom is 0.355 e. The summed E-state index contributed by atoms with van der Waals surface area (Å²) in [5, 5.41) is 13.6. The molecule has 18 heavy (non-hydrogen) atoms. The first-order valence-electron chi connectivity index (χ1n) is 5.45. The molecule has 0 aromatic carbocycles. The van der Waals surface area contributed by atoms with Gasteiger partial charge in [-0.2, -0.15) is 11.8 Å². The van der Waals surface area contributed by atoms with Crippen molar-refractivity contribution in [1.29, 1.82) is 0 Å². The highest BCUT2D eigenvalue weighted by molar-refractivity contribution is 7.99. The highest BCUT2D eigenvalue weighted by Gasteiger charge is 2.16. The normalized spacial score (nSPS) is 15.4. The SMILES string of the molecule is O=C(O)c1csc(CNC(=O)N2CCSCC2)n1. The molecule has 1 aliphatic rings. The van der Waals surface area contributed by atoms with E-state index in [1.807, 2.05) is 11.8 Å². The number of thiazole rings is 1. The summed E-state index contributed by atoms with van der Waals surface area (Å²) in [7, 11) is 0. The number of nitrogens with zero attached hydrogens (tertiary/aromatic N) is 2. The zero-order valence-electron chi connectivity index (χ0n) is 9.59. The standard InChI is InChI=1S/C10H13N3O3S2/c14-9(15)7-6-18-8(12-7)5-11-10(16)13-1-3-17-4-2-13/h6H,1-5H2,(H,11,16)(H,14,15). The smallest absolute Gasteiger partial charge is 0.355 e. The van der Waals surface area contributed by atoms with Crippen LogP contribution in [0.4, 0.5) is 4.79 Å². The number of thioether (sulfide) groups is 1. The number of amides is 2. The van der Waals surface area contributed by atoms with Gasteiger partial charge < -0.3 is 15.3 Å². The molecule has 0 aliphatic carbocycles. The van der Waals surface area contributed by atoms with Crippen LogP contribution in [0.2, 0.25) is 0 Å². The Hall–Kier alpha value is -1.28. The first kappa shape index (κ1) is 13.2.